The van der Waals surface area contributed by atoms with Gasteiger partial charge in [-0.15, -0.1) is 0 Å². The molecular weight excluding hydrogens is 306 g/mol. The number of ether oxygens (including phenoxy) is 1. The highest BCUT2D eigenvalue weighted by atomic mass is 16.5. The molecule has 0 saturated heterocycles. The number of rotatable bonds is 7. The van der Waals surface area contributed by atoms with Crippen LogP contribution in [0.4, 0.5) is 0 Å². The van der Waals surface area contributed by atoms with Crippen LogP contribution in [0.5, 0.6) is 0 Å². The summed E-state index contributed by atoms with van der Waals surface area (Å²) < 4.78 is 4.94. The first-order valence-corrected chi connectivity index (χ1v) is 7.75. The molecule has 1 N–H and O–H groups in total. The lowest BCUT2D eigenvalue weighted by molar-refractivity contribution is -0.124. The Morgan fingerprint density at radius 3 is 2.08 bits per heavy atom. The Morgan fingerprint density at radius 1 is 0.875 bits per heavy atom. The van der Waals surface area contributed by atoms with Gasteiger partial charge < -0.3 is 10.1 Å². The van der Waals surface area contributed by atoms with E-state index in [1.54, 1.807) is 36.4 Å². The highest BCUT2D eigenvalue weighted by Gasteiger charge is 2.12. The lowest BCUT2D eigenvalue weighted by Gasteiger charge is -2.06. The Balaban J connectivity index is 1.95. The van der Waals surface area contributed by atoms with Crippen molar-refractivity contribution < 1.29 is 19.1 Å². The minimum absolute atomic E-state index is 0.116. The van der Waals surface area contributed by atoms with E-state index in [2.05, 4.69) is 5.32 Å². The van der Waals surface area contributed by atoms with Crippen LogP contribution >= 0.6 is 0 Å². The molecule has 0 atom stereocenters. The van der Waals surface area contributed by atoms with Gasteiger partial charge in [-0.25, -0.2) is 4.79 Å². The number of hydrogen-bond donors (Lipinski definition) is 1. The molecule has 2 rings (SSSR count). The van der Waals surface area contributed by atoms with E-state index in [0.29, 0.717) is 23.2 Å². The lowest BCUT2D eigenvalue weighted by Crippen LogP contribution is -2.29. The van der Waals surface area contributed by atoms with Crippen LogP contribution in [0, 0.1) is 0 Å². The molecule has 0 aliphatic carbocycles. The van der Waals surface area contributed by atoms with Gasteiger partial charge in [0.1, 0.15) is 0 Å². The van der Waals surface area contributed by atoms with E-state index in [1.165, 1.54) is 12.1 Å². The first-order valence-electron chi connectivity index (χ1n) is 7.75. The van der Waals surface area contributed by atoms with Gasteiger partial charge in [0.25, 0.3) is 5.91 Å². The molecule has 0 radical (unpaired) electrons. The molecular formula is C19H19NO4. The Kier molecular flexibility index (Phi) is 6.25. The molecule has 2 aromatic carbocycles. The molecule has 5 heteroatoms. The van der Waals surface area contributed by atoms with Crippen LogP contribution in [0.25, 0.3) is 0 Å². The summed E-state index contributed by atoms with van der Waals surface area (Å²) in [6.45, 7) is 2.17. The fraction of sp³-hybridized carbons (Fsp3) is 0.211. The number of ketones is 1. The number of benzene rings is 2. The SMILES string of the molecule is CCCNC(=O)COC(=O)c1ccc(C(=O)c2ccccc2)cc1. The van der Waals surface area contributed by atoms with Gasteiger partial charge >= 0.3 is 5.97 Å². The lowest BCUT2D eigenvalue weighted by atomic mass is 10.0. The summed E-state index contributed by atoms with van der Waals surface area (Å²) in [6.07, 6.45) is 0.816. The predicted octanol–water partition coefficient (Wildman–Crippen LogP) is 2.60. The molecule has 24 heavy (non-hydrogen) atoms. The highest BCUT2D eigenvalue weighted by molar-refractivity contribution is 6.09. The summed E-state index contributed by atoms with van der Waals surface area (Å²) in [5.74, 6) is -1.05. The van der Waals surface area contributed by atoms with E-state index in [0.717, 1.165) is 6.42 Å². The average Bonchev–Trinajstić information content (AvgIpc) is 2.64. The number of carbonyl (C=O) groups is 3. The number of carbonyl (C=O) groups excluding carboxylic acids is 3. The number of hydrogen-bond acceptors (Lipinski definition) is 4. The van der Waals surface area contributed by atoms with Gasteiger partial charge in [0, 0.05) is 17.7 Å². The van der Waals surface area contributed by atoms with E-state index < -0.39 is 5.97 Å². The molecule has 124 valence electrons. The highest BCUT2D eigenvalue weighted by Crippen LogP contribution is 2.11. The molecule has 0 fully saturated rings. The first-order chi connectivity index (χ1) is 11.6. The normalized spacial score (nSPS) is 10.0. The smallest absolute Gasteiger partial charge is 0.338 e. The van der Waals surface area contributed by atoms with Crippen molar-refractivity contribution in [2.45, 2.75) is 13.3 Å². The third-order valence-corrected chi connectivity index (χ3v) is 3.33. The molecule has 0 saturated carbocycles. The molecule has 0 aliphatic heterocycles. The van der Waals surface area contributed by atoms with E-state index in [4.69, 9.17) is 4.74 Å². The maximum atomic E-state index is 12.3. The molecule has 0 aromatic heterocycles. The standard InChI is InChI=1S/C19H19NO4/c1-2-12-20-17(21)13-24-19(23)16-10-8-15(9-11-16)18(22)14-6-4-3-5-7-14/h3-11H,2,12-13H2,1H3,(H,20,21). The second-order valence-electron chi connectivity index (χ2n) is 5.20. The van der Waals surface area contributed by atoms with Gasteiger partial charge in [-0.2, -0.15) is 0 Å². The Morgan fingerprint density at radius 2 is 1.46 bits per heavy atom. The number of esters is 1. The average molecular weight is 325 g/mol. The Hall–Kier alpha value is -2.95. The van der Waals surface area contributed by atoms with Crippen molar-refractivity contribution in [3.63, 3.8) is 0 Å². The van der Waals surface area contributed by atoms with E-state index in [1.807, 2.05) is 13.0 Å². The van der Waals surface area contributed by atoms with Gasteiger partial charge in [-0.05, 0) is 18.6 Å². The molecule has 0 aliphatic rings. The zero-order valence-corrected chi connectivity index (χ0v) is 13.5. The topological polar surface area (TPSA) is 72.5 Å². The van der Waals surface area contributed by atoms with E-state index >= 15 is 0 Å². The largest absolute Gasteiger partial charge is 0.452 e. The summed E-state index contributed by atoms with van der Waals surface area (Å²) >= 11 is 0. The van der Waals surface area contributed by atoms with E-state index in [-0.39, 0.29) is 18.3 Å². The zero-order chi connectivity index (χ0) is 17.4. The van der Waals surface area contributed by atoms with Crippen molar-refractivity contribution in [3.8, 4) is 0 Å². The maximum absolute atomic E-state index is 12.3. The number of nitrogens with one attached hydrogen (secondary N) is 1. The van der Waals surface area contributed by atoms with Crippen molar-refractivity contribution in [1.29, 1.82) is 0 Å². The Bertz CT molecular complexity index is 708. The van der Waals surface area contributed by atoms with Crippen molar-refractivity contribution in [1.82, 2.24) is 5.32 Å². The summed E-state index contributed by atoms with van der Waals surface area (Å²) in [4.78, 5) is 35.6. The fourth-order valence-corrected chi connectivity index (χ4v) is 2.04. The van der Waals surface area contributed by atoms with Crippen molar-refractivity contribution >= 4 is 17.7 Å². The third-order valence-electron chi connectivity index (χ3n) is 3.33. The minimum atomic E-state index is -0.597. The van der Waals surface area contributed by atoms with Gasteiger partial charge in [-0.1, -0.05) is 49.4 Å². The predicted molar refractivity (Wildman–Crippen MR) is 89.9 cm³/mol. The summed E-state index contributed by atoms with van der Waals surface area (Å²) in [5, 5.41) is 2.62. The summed E-state index contributed by atoms with van der Waals surface area (Å²) in [7, 11) is 0. The third kappa shape index (κ3) is 4.78. The molecule has 1 amide bonds. The summed E-state index contributed by atoms with van der Waals surface area (Å²) in [5.41, 5.74) is 1.36. The summed E-state index contributed by atoms with van der Waals surface area (Å²) in [6, 6.07) is 15.1. The molecule has 0 unspecified atom stereocenters. The van der Waals surface area contributed by atoms with Gasteiger partial charge in [0.05, 0.1) is 5.56 Å². The Labute approximate surface area is 140 Å². The van der Waals surface area contributed by atoms with Crippen molar-refractivity contribution in [2.75, 3.05) is 13.2 Å². The van der Waals surface area contributed by atoms with Crippen molar-refractivity contribution in [3.05, 3.63) is 71.3 Å². The van der Waals surface area contributed by atoms with Crippen LogP contribution < -0.4 is 5.32 Å². The molecule has 0 spiro atoms. The van der Waals surface area contributed by atoms with Crippen LogP contribution in [0.2, 0.25) is 0 Å². The number of amides is 1. The zero-order valence-electron chi connectivity index (χ0n) is 13.5. The fourth-order valence-electron chi connectivity index (χ4n) is 2.04. The maximum Gasteiger partial charge on any atom is 0.338 e. The van der Waals surface area contributed by atoms with Gasteiger partial charge in [0.15, 0.2) is 12.4 Å². The molecule has 0 heterocycles. The first kappa shape index (κ1) is 17.4. The van der Waals surface area contributed by atoms with Gasteiger partial charge in [0.2, 0.25) is 0 Å². The van der Waals surface area contributed by atoms with E-state index in [9.17, 15) is 14.4 Å². The second-order valence-corrected chi connectivity index (χ2v) is 5.20. The van der Waals surface area contributed by atoms with Crippen LogP contribution in [-0.4, -0.2) is 30.8 Å². The molecule has 0 bridgehead atoms. The molecule has 2 aromatic rings. The molecule has 5 nitrogen and oxygen atoms in total. The van der Waals surface area contributed by atoms with Crippen molar-refractivity contribution in [2.24, 2.45) is 0 Å². The van der Waals surface area contributed by atoms with Crippen LogP contribution in [0.15, 0.2) is 54.6 Å². The van der Waals surface area contributed by atoms with Crippen LogP contribution in [0.3, 0.4) is 0 Å². The minimum Gasteiger partial charge on any atom is -0.452 e. The second kappa shape index (κ2) is 8.62. The monoisotopic (exact) mass is 325 g/mol. The quantitative estimate of drug-likeness (QED) is 0.627. The van der Waals surface area contributed by atoms with Crippen LogP contribution in [0.1, 0.15) is 39.6 Å². The van der Waals surface area contributed by atoms with Gasteiger partial charge in [-0.3, -0.25) is 9.59 Å². The van der Waals surface area contributed by atoms with Crippen LogP contribution in [-0.2, 0) is 9.53 Å².